The van der Waals surface area contributed by atoms with Crippen LogP contribution in [0.5, 0.6) is 0 Å². The van der Waals surface area contributed by atoms with Crippen molar-refractivity contribution in [2.75, 3.05) is 5.73 Å². The summed E-state index contributed by atoms with van der Waals surface area (Å²) in [6, 6.07) is 5.70. The number of benzene rings is 1. The number of carbonyl (C=O) groups is 1. The van der Waals surface area contributed by atoms with E-state index in [2.05, 4.69) is 15.5 Å². The third-order valence-corrected chi connectivity index (χ3v) is 2.71. The normalized spacial score (nSPS) is 15.2. The molecule has 1 aliphatic rings. The van der Waals surface area contributed by atoms with Gasteiger partial charge in [-0.25, -0.2) is 0 Å². The van der Waals surface area contributed by atoms with Crippen molar-refractivity contribution < 1.29 is 4.79 Å². The Kier molecular flexibility index (Phi) is 1.86. The van der Waals surface area contributed by atoms with E-state index in [1.165, 1.54) is 0 Å². The molecule has 1 aliphatic carbocycles. The minimum atomic E-state index is -0.126. The summed E-state index contributed by atoms with van der Waals surface area (Å²) >= 11 is 0. The summed E-state index contributed by atoms with van der Waals surface area (Å²) in [5, 5.41) is 10.5. The van der Waals surface area contributed by atoms with Gasteiger partial charge in [0.25, 0.3) is 5.91 Å². The highest BCUT2D eigenvalue weighted by molar-refractivity contribution is 6.05. The molecule has 5 heteroatoms. The molecule has 0 saturated heterocycles. The van der Waals surface area contributed by atoms with Gasteiger partial charge in [0, 0.05) is 17.1 Å². The molecule has 82 valence electrons. The van der Waals surface area contributed by atoms with Gasteiger partial charge in [0.2, 0.25) is 0 Å². The molecule has 16 heavy (non-hydrogen) atoms. The van der Waals surface area contributed by atoms with E-state index in [-0.39, 0.29) is 5.91 Å². The van der Waals surface area contributed by atoms with E-state index in [1.807, 2.05) is 6.07 Å². The fraction of sp³-hybridized carbons (Fsp3) is 0.273. The second-order valence-electron chi connectivity index (χ2n) is 4.12. The van der Waals surface area contributed by atoms with Crippen LogP contribution in [0.25, 0.3) is 10.9 Å². The fourth-order valence-corrected chi connectivity index (χ4v) is 1.69. The molecule has 0 spiro atoms. The zero-order valence-corrected chi connectivity index (χ0v) is 8.66. The molecule has 0 atom stereocenters. The van der Waals surface area contributed by atoms with Crippen molar-refractivity contribution in [3.8, 4) is 0 Å². The highest BCUT2D eigenvalue weighted by Gasteiger charge is 2.25. The van der Waals surface area contributed by atoms with E-state index in [0.717, 1.165) is 23.7 Å². The monoisotopic (exact) mass is 216 g/mol. The highest BCUT2D eigenvalue weighted by Crippen LogP contribution is 2.22. The molecule has 1 aromatic heterocycles. The van der Waals surface area contributed by atoms with Crippen LogP contribution in [0.15, 0.2) is 18.2 Å². The summed E-state index contributed by atoms with van der Waals surface area (Å²) in [6.07, 6.45) is 2.13. The Bertz CT molecular complexity index is 556. The van der Waals surface area contributed by atoms with Crippen molar-refractivity contribution in [1.29, 1.82) is 0 Å². The van der Waals surface area contributed by atoms with E-state index in [0.29, 0.717) is 17.4 Å². The van der Waals surface area contributed by atoms with E-state index >= 15 is 0 Å². The number of nitrogen functional groups attached to an aromatic ring is 1. The van der Waals surface area contributed by atoms with Gasteiger partial charge in [-0.15, -0.1) is 0 Å². The lowest BCUT2D eigenvalue weighted by molar-refractivity contribution is 0.0947. The molecule has 0 bridgehead atoms. The third-order valence-electron chi connectivity index (χ3n) is 2.71. The molecule has 1 aromatic carbocycles. The molecular formula is C11H12N4O. The first-order valence-electron chi connectivity index (χ1n) is 5.28. The van der Waals surface area contributed by atoms with Crippen molar-refractivity contribution in [2.24, 2.45) is 0 Å². The van der Waals surface area contributed by atoms with E-state index in [4.69, 9.17) is 5.73 Å². The Labute approximate surface area is 92.0 Å². The largest absolute Gasteiger partial charge is 0.399 e. The fourth-order valence-electron chi connectivity index (χ4n) is 1.69. The van der Waals surface area contributed by atoms with Crippen LogP contribution in [0.2, 0.25) is 0 Å². The quantitative estimate of drug-likeness (QED) is 0.656. The summed E-state index contributed by atoms with van der Waals surface area (Å²) in [5.74, 6) is -0.126. The molecule has 5 nitrogen and oxygen atoms in total. The molecule has 0 aliphatic heterocycles. The van der Waals surface area contributed by atoms with Gasteiger partial charge in [-0.3, -0.25) is 9.89 Å². The topological polar surface area (TPSA) is 83.8 Å². The van der Waals surface area contributed by atoms with Crippen molar-refractivity contribution >= 4 is 22.5 Å². The molecule has 0 radical (unpaired) electrons. The van der Waals surface area contributed by atoms with Gasteiger partial charge in [0.1, 0.15) is 0 Å². The van der Waals surface area contributed by atoms with Crippen LogP contribution in [0.4, 0.5) is 5.69 Å². The number of H-pyrrole nitrogens is 1. The van der Waals surface area contributed by atoms with Crippen LogP contribution in [-0.2, 0) is 0 Å². The van der Waals surface area contributed by atoms with Crippen molar-refractivity contribution in [3.05, 3.63) is 23.9 Å². The number of nitrogens with one attached hydrogen (secondary N) is 2. The summed E-state index contributed by atoms with van der Waals surface area (Å²) in [5.41, 5.74) is 7.58. The number of hydrogen-bond acceptors (Lipinski definition) is 3. The average Bonchev–Trinajstić information content (AvgIpc) is 2.96. The van der Waals surface area contributed by atoms with Crippen LogP contribution >= 0.6 is 0 Å². The van der Waals surface area contributed by atoms with E-state index in [9.17, 15) is 4.79 Å². The first-order chi connectivity index (χ1) is 7.74. The lowest BCUT2D eigenvalue weighted by Crippen LogP contribution is -2.25. The van der Waals surface area contributed by atoms with Crippen molar-refractivity contribution in [2.45, 2.75) is 18.9 Å². The number of hydrogen-bond donors (Lipinski definition) is 3. The maximum Gasteiger partial charge on any atom is 0.272 e. The lowest BCUT2D eigenvalue weighted by Gasteiger charge is -2.00. The summed E-state index contributed by atoms with van der Waals surface area (Å²) in [6.45, 7) is 0. The van der Waals surface area contributed by atoms with Gasteiger partial charge in [0.15, 0.2) is 5.69 Å². The Balaban J connectivity index is 2.01. The van der Waals surface area contributed by atoms with Crippen LogP contribution in [0.1, 0.15) is 23.3 Å². The van der Waals surface area contributed by atoms with Gasteiger partial charge in [0.05, 0.1) is 5.52 Å². The maximum atomic E-state index is 11.8. The molecule has 4 N–H and O–H groups in total. The number of carbonyl (C=O) groups excluding carboxylic acids is 1. The Morgan fingerprint density at radius 2 is 2.31 bits per heavy atom. The number of aromatic amines is 1. The predicted molar refractivity (Wildman–Crippen MR) is 61.0 cm³/mol. The number of nitrogens with two attached hydrogens (primary N) is 1. The van der Waals surface area contributed by atoms with Crippen LogP contribution in [-0.4, -0.2) is 22.1 Å². The average molecular weight is 216 g/mol. The number of fused-ring (bicyclic) bond motifs is 1. The number of anilines is 1. The molecule has 1 heterocycles. The van der Waals surface area contributed by atoms with Crippen LogP contribution in [0, 0.1) is 0 Å². The minimum Gasteiger partial charge on any atom is -0.399 e. The lowest BCUT2D eigenvalue weighted by atomic mass is 10.2. The standard InChI is InChI=1S/C11H12N4O/c12-6-1-4-9-8(5-6)10(15-14-9)11(16)13-7-2-3-7/h1,4-5,7H,2-3,12H2,(H,13,16)(H,14,15). The molecular weight excluding hydrogens is 204 g/mol. The first-order valence-corrected chi connectivity index (χ1v) is 5.28. The number of amides is 1. The number of nitrogens with zero attached hydrogens (tertiary/aromatic N) is 1. The van der Waals surface area contributed by atoms with Crippen LogP contribution < -0.4 is 11.1 Å². The molecule has 3 rings (SSSR count). The molecule has 1 amide bonds. The zero-order chi connectivity index (χ0) is 11.1. The van der Waals surface area contributed by atoms with Crippen molar-refractivity contribution in [3.63, 3.8) is 0 Å². The highest BCUT2D eigenvalue weighted by atomic mass is 16.2. The molecule has 1 fully saturated rings. The second-order valence-corrected chi connectivity index (χ2v) is 4.12. The summed E-state index contributed by atoms with van der Waals surface area (Å²) in [4.78, 5) is 11.8. The second kappa shape index (κ2) is 3.23. The van der Waals surface area contributed by atoms with Gasteiger partial charge in [-0.1, -0.05) is 0 Å². The minimum absolute atomic E-state index is 0.126. The van der Waals surface area contributed by atoms with E-state index < -0.39 is 0 Å². The SMILES string of the molecule is Nc1ccc2[nH]nc(C(=O)NC3CC3)c2c1. The van der Waals surface area contributed by atoms with Crippen LogP contribution in [0.3, 0.4) is 0 Å². The molecule has 0 unspecified atom stereocenters. The zero-order valence-electron chi connectivity index (χ0n) is 8.66. The first kappa shape index (κ1) is 9.21. The summed E-state index contributed by atoms with van der Waals surface area (Å²) < 4.78 is 0. The Morgan fingerprint density at radius 1 is 1.50 bits per heavy atom. The smallest absolute Gasteiger partial charge is 0.272 e. The summed E-state index contributed by atoms with van der Waals surface area (Å²) in [7, 11) is 0. The number of rotatable bonds is 2. The van der Waals surface area contributed by atoms with E-state index in [1.54, 1.807) is 12.1 Å². The number of aromatic nitrogens is 2. The predicted octanol–water partition coefficient (Wildman–Crippen LogP) is 1.04. The molecule has 1 saturated carbocycles. The third kappa shape index (κ3) is 1.50. The van der Waals surface area contributed by atoms with Gasteiger partial charge in [-0.05, 0) is 31.0 Å². The van der Waals surface area contributed by atoms with Gasteiger partial charge >= 0.3 is 0 Å². The Morgan fingerprint density at radius 3 is 3.06 bits per heavy atom. The Hall–Kier alpha value is -2.04. The van der Waals surface area contributed by atoms with Gasteiger partial charge < -0.3 is 11.1 Å². The van der Waals surface area contributed by atoms with Gasteiger partial charge in [-0.2, -0.15) is 5.10 Å². The maximum absolute atomic E-state index is 11.8. The van der Waals surface area contributed by atoms with Crippen molar-refractivity contribution in [1.82, 2.24) is 15.5 Å². The molecule has 2 aromatic rings.